The predicted octanol–water partition coefficient (Wildman–Crippen LogP) is 11.7. The molecule has 7 aromatic carbocycles. The molecule has 1 unspecified atom stereocenters. The minimum Gasteiger partial charge on any atom is -0.368 e. The van der Waals surface area contributed by atoms with Gasteiger partial charge < -0.3 is 9.88 Å². The van der Waals surface area contributed by atoms with Crippen LogP contribution in [0.2, 0.25) is 0 Å². The van der Waals surface area contributed by atoms with Crippen molar-refractivity contribution >= 4 is 92.3 Å². The molecule has 1 atom stereocenters. The Bertz CT molecular complexity index is 2590. The lowest BCUT2D eigenvalue weighted by Crippen LogP contribution is -2.04. The van der Waals surface area contributed by atoms with Crippen LogP contribution in [0.5, 0.6) is 0 Å². The summed E-state index contributed by atoms with van der Waals surface area (Å²) in [6.45, 7) is 0. The van der Waals surface area contributed by atoms with Crippen LogP contribution in [0.1, 0.15) is 10.9 Å². The number of rotatable bonds is 2. The Morgan fingerprint density at radius 3 is 2.14 bits per heavy atom. The Kier molecular flexibility index (Phi) is 4.90. The van der Waals surface area contributed by atoms with Gasteiger partial charge in [-0.3, -0.25) is 0 Å². The molecular weight excluding hydrogens is 561 g/mol. The maximum atomic E-state index is 3.88. The number of aromatic nitrogens is 1. The fraction of sp³-hybridized carbons (Fsp3) is 0.0256. The molecule has 43 heavy (non-hydrogen) atoms. The molecule has 1 N–H and O–H groups in total. The van der Waals surface area contributed by atoms with E-state index in [9.17, 15) is 0 Å². The highest BCUT2D eigenvalue weighted by Gasteiger charge is 2.28. The number of para-hydroxylation sites is 1. The number of benzene rings is 7. The number of hydrogen-bond donors (Lipinski definition) is 1. The van der Waals surface area contributed by atoms with Gasteiger partial charge in [-0.15, -0.1) is 11.3 Å². The predicted molar refractivity (Wildman–Crippen MR) is 187 cm³/mol. The highest BCUT2D eigenvalue weighted by atomic mass is 32.2. The summed E-state index contributed by atoms with van der Waals surface area (Å²) < 4.78 is 5.17. The average molecular weight is 585 g/mol. The Labute approximate surface area is 256 Å². The molecule has 202 valence electrons. The topological polar surface area (TPSA) is 17.0 Å². The number of anilines is 1. The highest BCUT2D eigenvalue weighted by molar-refractivity contribution is 8.00. The molecule has 0 radical (unpaired) electrons. The molecule has 2 aromatic heterocycles. The van der Waals surface area contributed by atoms with Crippen LogP contribution in [0, 0.1) is 0 Å². The lowest BCUT2D eigenvalue weighted by atomic mass is 10.0. The largest absolute Gasteiger partial charge is 0.368 e. The smallest absolute Gasteiger partial charge is 0.103 e. The molecule has 1 aliphatic rings. The summed E-state index contributed by atoms with van der Waals surface area (Å²) in [5.74, 6) is 0. The van der Waals surface area contributed by atoms with Gasteiger partial charge in [0.05, 0.1) is 16.7 Å². The maximum absolute atomic E-state index is 3.88. The first-order chi connectivity index (χ1) is 21.3. The molecule has 0 saturated carbocycles. The van der Waals surface area contributed by atoms with E-state index in [0.717, 1.165) is 0 Å². The van der Waals surface area contributed by atoms with E-state index in [2.05, 4.69) is 143 Å². The van der Waals surface area contributed by atoms with Gasteiger partial charge in [-0.25, -0.2) is 0 Å². The molecule has 9 aromatic rings. The summed E-state index contributed by atoms with van der Waals surface area (Å²) in [5, 5.41) is 14.4. The van der Waals surface area contributed by atoms with E-state index in [4.69, 9.17) is 0 Å². The van der Waals surface area contributed by atoms with Gasteiger partial charge in [-0.2, -0.15) is 0 Å². The van der Waals surface area contributed by atoms with Crippen molar-refractivity contribution in [3.8, 4) is 5.69 Å². The molecule has 0 aliphatic carbocycles. The van der Waals surface area contributed by atoms with E-state index < -0.39 is 0 Å². The monoisotopic (exact) mass is 584 g/mol. The second kappa shape index (κ2) is 8.87. The first-order valence-electron chi connectivity index (χ1n) is 14.6. The van der Waals surface area contributed by atoms with Crippen LogP contribution in [-0.2, 0) is 0 Å². The lowest BCUT2D eigenvalue weighted by Gasteiger charge is -2.18. The van der Waals surface area contributed by atoms with Crippen molar-refractivity contribution in [3.63, 3.8) is 0 Å². The first kappa shape index (κ1) is 23.8. The Morgan fingerprint density at radius 1 is 0.535 bits per heavy atom. The SMILES string of the molecule is c1ccc2cc3c(cc2c1)c1ccccc1n3-c1ccc(C2Nc3ccc4sc5ccccc5c4c3S2)c2ccccc12. The van der Waals surface area contributed by atoms with Crippen LogP contribution in [0.25, 0.3) is 69.2 Å². The van der Waals surface area contributed by atoms with Crippen molar-refractivity contribution in [1.29, 1.82) is 0 Å². The Hall–Kier alpha value is -4.77. The van der Waals surface area contributed by atoms with E-state index in [0.29, 0.717) is 0 Å². The van der Waals surface area contributed by atoms with Crippen LogP contribution in [0.4, 0.5) is 5.69 Å². The second-order valence-corrected chi connectivity index (χ2v) is 13.5. The van der Waals surface area contributed by atoms with Crippen LogP contribution >= 0.6 is 23.1 Å². The molecule has 2 nitrogen and oxygen atoms in total. The highest BCUT2D eigenvalue weighted by Crippen LogP contribution is 2.53. The standard InChI is InChI=1S/C39H24N2S2/c1-2-10-24-22-34-30(21-23(24)9-1)27-13-5-7-15-32(27)41(34)33-19-17-28(25-11-3-4-12-26(25)33)39-40-31-18-20-36-37(38(31)43-39)29-14-6-8-16-35(29)42-36/h1-22,39-40H. The minimum absolute atomic E-state index is 0.139. The third-order valence-electron chi connectivity index (χ3n) is 9.02. The molecule has 1 aliphatic heterocycles. The van der Waals surface area contributed by atoms with Gasteiger partial charge in [0.2, 0.25) is 0 Å². The van der Waals surface area contributed by atoms with Gasteiger partial charge in [-0.1, -0.05) is 103 Å². The van der Waals surface area contributed by atoms with Crippen molar-refractivity contribution < 1.29 is 0 Å². The normalized spacial score (nSPS) is 14.8. The van der Waals surface area contributed by atoms with Crippen LogP contribution in [0.3, 0.4) is 0 Å². The van der Waals surface area contributed by atoms with Gasteiger partial charge in [0.1, 0.15) is 5.37 Å². The van der Waals surface area contributed by atoms with Gasteiger partial charge >= 0.3 is 0 Å². The third kappa shape index (κ3) is 3.36. The number of hydrogen-bond acceptors (Lipinski definition) is 3. The van der Waals surface area contributed by atoms with Crippen LogP contribution in [-0.4, -0.2) is 4.57 Å². The van der Waals surface area contributed by atoms with E-state index >= 15 is 0 Å². The van der Waals surface area contributed by atoms with Crippen molar-refractivity contribution in [3.05, 3.63) is 139 Å². The number of thioether (sulfide) groups is 1. The number of nitrogens with zero attached hydrogens (tertiary/aromatic N) is 1. The number of fused-ring (bicyclic) bond motifs is 10. The van der Waals surface area contributed by atoms with Crippen LogP contribution < -0.4 is 5.32 Å². The van der Waals surface area contributed by atoms with Crippen molar-refractivity contribution in [2.75, 3.05) is 5.32 Å². The maximum Gasteiger partial charge on any atom is 0.103 e. The van der Waals surface area contributed by atoms with Gasteiger partial charge in [-0.05, 0) is 64.2 Å². The molecular formula is C39H24N2S2. The van der Waals surface area contributed by atoms with Gasteiger partial charge in [0.15, 0.2) is 0 Å². The van der Waals surface area contributed by atoms with E-state index in [1.807, 2.05) is 23.1 Å². The fourth-order valence-corrected chi connectivity index (χ4v) is 9.62. The minimum atomic E-state index is 0.139. The molecule has 0 amide bonds. The average Bonchev–Trinajstić information content (AvgIpc) is 3.75. The zero-order valence-corrected chi connectivity index (χ0v) is 24.7. The summed E-state index contributed by atoms with van der Waals surface area (Å²) in [6, 6.07) is 49.1. The summed E-state index contributed by atoms with van der Waals surface area (Å²) in [6.07, 6.45) is 0. The molecule has 3 heterocycles. The van der Waals surface area contributed by atoms with E-state index in [-0.39, 0.29) is 5.37 Å². The van der Waals surface area contributed by atoms with Crippen molar-refractivity contribution in [1.82, 2.24) is 4.57 Å². The zero-order valence-electron chi connectivity index (χ0n) is 23.0. The Morgan fingerprint density at radius 2 is 1.26 bits per heavy atom. The van der Waals surface area contributed by atoms with E-state index in [1.54, 1.807) is 0 Å². The molecule has 0 saturated heterocycles. The molecule has 0 bridgehead atoms. The van der Waals surface area contributed by atoms with E-state index in [1.165, 1.54) is 85.4 Å². The van der Waals surface area contributed by atoms with Crippen molar-refractivity contribution in [2.45, 2.75) is 10.3 Å². The van der Waals surface area contributed by atoms with Crippen LogP contribution in [0.15, 0.2) is 138 Å². The molecule has 0 fully saturated rings. The number of nitrogens with one attached hydrogen (secondary N) is 1. The summed E-state index contributed by atoms with van der Waals surface area (Å²) in [5.41, 5.74) is 6.24. The summed E-state index contributed by atoms with van der Waals surface area (Å²) in [4.78, 5) is 1.36. The lowest BCUT2D eigenvalue weighted by molar-refractivity contribution is 1.14. The van der Waals surface area contributed by atoms with Crippen molar-refractivity contribution in [2.24, 2.45) is 0 Å². The zero-order chi connectivity index (χ0) is 28.1. The summed E-state index contributed by atoms with van der Waals surface area (Å²) in [7, 11) is 0. The van der Waals surface area contributed by atoms with Gasteiger partial charge in [0.25, 0.3) is 0 Å². The number of thiophene rings is 1. The molecule has 4 heteroatoms. The quantitative estimate of drug-likeness (QED) is 0.218. The fourth-order valence-electron chi connectivity index (χ4n) is 7.10. The van der Waals surface area contributed by atoms with Gasteiger partial charge in [0, 0.05) is 46.9 Å². The second-order valence-electron chi connectivity index (χ2n) is 11.3. The summed E-state index contributed by atoms with van der Waals surface area (Å²) >= 11 is 3.84. The Balaban J connectivity index is 1.18. The molecule has 10 rings (SSSR count). The first-order valence-corrected chi connectivity index (χ1v) is 16.3. The molecule has 0 spiro atoms. The third-order valence-corrected chi connectivity index (χ3v) is 11.4.